The zero-order valence-electron chi connectivity index (χ0n) is 13.0. The maximum Gasteiger partial charge on any atom is 0.325 e. The minimum Gasteiger partial charge on any atom is -0.469 e. The van der Waals surface area contributed by atoms with E-state index >= 15 is 0 Å². The van der Waals surface area contributed by atoms with E-state index in [1.54, 1.807) is 16.8 Å². The van der Waals surface area contributed by atoms with E-state index in [1.807, 2.05) is 4.68 Å². The van der Waals surface area contributed by atoms with Gasteiger partial charge in [0.25, 0.3) is 0 Å². The van der Waals surface area contributed by atoms with E-state index in [-0.39, 0.29) is 17.3 Å². The average Bonchev–Trinajstić information content (AvgIpc) is 2.90. The molecule has 6 nitrogen and oxygen atoms in total. The first kappa shape index (κ1) is 17.3. The molecule has 0 radical (unpaired) electrons. The highest BCUT2D eigenvalue weighted by molar-refractivity contribution is 7.81. The number of aromatic nitrogens is 2. The number of hydrogen-bond acceptors (Lipinski definition) is 6. The minimum absolute atomic E-state index is 0.0181. The van der Waals surface area contributed by atoms with Gasteiger partial charge in [-0.3, -0.25) is 14.3 Å². The van der Waals surface area contributed by atoms with Gasteiger partial charge in [-0.25, -0.2) is 9.67 Å². The summed E-state index contributed by atoms with van der Waals surface area (Å²) in [5.41, 5.74) is 0.561. The molecule has 1 atom stereocenters. The Kier molecular flexibility index (Phi) is 5.17. The predicted octanol–water partition coefficient (Wildman–Crippen LogP) is 1.98. The molecule has 128 valence electrons. The first-order valence-corrected chi connectivity index (χ1v) is 9.15. The lowest BCUT2D eigenvalue weighted by Gasteiger charge is -2.20. The van der Waals surface area contributed by atoms with Crippen LogP contribution in [0.15, 0.2) is 32.7 Å². The first-order chi connectivity index (χ1) is 11.5. The molecule has 0 bridgehead atoms. The molecule has 2 heterocycles. The lowest BCUT2D eigenvalue weighted by atomic mass is 9.94. The normalized spacial score (nSPS) is 21.2. The van der Waals surface area contributed by atoms with Crippen LogP contribution in [0.2, 0.25) is 0 Å². The highest BCUT2D eigenvalue weighted by atomic mass is 35.5. The zero-order chi connectivity index (χ0) is 17.3. The van der Waals surface area contributed by atoms with Gasteiger partial charge in [-0.05, 0) is 36.3 Å². The molecular weight excluding hydrogens is 370 g/mol. The molecule has 24 heavy (non-hydrogen) atoms. The van der Waals surface area contributed by atoms with Crippen molar-refractivity contribution in [2.24, 2.45) is 10.9 Å². The van der Waals surface area contributed by atoms with Crippen LogP contribution in [0.5, 0.6) is 0 Å². The van der Waals surface area contributed by atoms with Crippen molar-refractivity contribution in [3.8, 4) is 0 Å². The van der Waals surface area contributed by atoms with Crippen LogP contribution >= 0.6 is 35.2 Å². The fourth-order valence-corrected chi connectivity index (χ4v) is 4.24. The van der Waals surface area contributed by atoms with Crippen LogP contribution in [0, 0.1) is 5.92 Å². The summed E-state index contributed by atoms with van der Waals surface area (Å²) in [5.74, 6) is -0.798. The number of rotatable bonds is 3. The molecular formula is C15H16ClN3O3S2. The van der Waals surface area contributed by atoms with Crippen LogP contribution in [0.25, 0.3) is 0 Å². The second kappa shape index (κ2) is 7.16. The summed E-state index contributed by atoms with van der Waals surface area (Å²) in [4.78, 5) is 29.3. The Morgan fingerprint density at radius 3 is 2.83 bits per heavy atom. The molecule has 1 aromatic heterocycles. The number of fused-ring (bicyclic) bond motifs is 1. The molecule has 0 saturated heterocycles. The Labute approximate surface area is 152 Å². The summed E-state index contributed by atoms with van der Waals surface area (Å²) in [6.45, 7) is 1.48. The van der Waals surface area contributed by atoms with Gasteiger partial charge in [-0.2, -0.15) is 0 Å². The summed E-state index contributed by atoms with van der Waals surface area (Å²) < 4.78 is 8.31. The molecule has 1 aromatic rings. The van der Waals surface area contributed by atoms with Crippen LogP contribution < -0.4 is 9.67 Å². The molecule has 0 N–H and O–H groups in total. The summed E-state index contributed by atoms with van der Waals surface area (Å²) >= 11 is 12.8. The number of ether oxygens (including phenoxy) is 1. The van der Waals surface area contributed by atoms with E-state index in [9.17, 15) is 9.59 Å². The van der Waals surface area contributed by atoms with Crippen molar-refractivity contribution in [3.63, 3.8) is 0 Å². The van der Waals surface area contributed by atoms with Crippen molar-refractivity contribution in [2.75, 3.05) is 7.11 Å². The summed E-state index contributed by atoms with van der Waals surface area (Å²) in [6.07, 6.45) is 5.51. The van der Waals surface area contributed by atoms with Gasteiger partial charge in [0.2, 0.25) is 4.80 Å². The number of thiocarbonyl (C=S) groups is 1. The van der Waals surface area contributed by atoms with Gasteiger partial charge < -0.3 is 4.74 Å². The fourth-order valence-electron chi connectivity index (χ4n) is 2.71. The van der Waals surface area contributed by atoms with E-state index in [4.69, 9.17) is 28.6 Å². The topological polar surface area (TPSA) is 65.6 Å². The Hall–Kier alpha value is -1.51. The third kappa shape index (κ3) is 3.31. The zero-order valence-corrected chi connectivity index (χ0v) is 15.4. The van der Waals surface area contributed by atoms with E-state index in [2.05, 4.69) is 4.99 Å². The van der Waals surface area contributed by atoms with Crippen molar-refractivity contribution in [1.29, 1.82) is 0 Å². The van der Waals surface area contributed by atoms with Gasteiger partial charge in [0.05, 0.1) is 19.2 Å². The number of esters is 1. The van der Waals surface area contributed by atoms with Crippen LogP contribution in [0.1, 0.15) is 19.3 Å². The van der Waals surface area contributed by atoms with Gasteiger partial charge in [-0.1, -0.05) is 23.8 Å². The van der Waals surface area contributed by atoms with Gasteiger partial charge in [0, 0.05) is 28.9 Å². The number of halogens is 1. The molecule has 1 aliphatic carbocycles. The van der Waals surface area contributed by atoms with Crippen molar-refractivity contribution in [2.45, 2.75) is 32.4 Å². The Morgan fingerprint density at radius 1 is 1.42 bits per heavy atom. The Morgan fingerprint density at radius 2 is 2.12 bits per heavy atom. The lowest BCUT2D eigenvalue weighted by molar-refractivity contribution is -0.140. The summed E-state index contributed by atoms with van der Waals surface area (Å²) in [6, 6.07) is 0. The summed E-state index contributed by atoms with van der Waals surface area (Å²) in [5, 5.41) is 0.490. The fraction of sp³-hybridized carbons (Fsp3) is 0.467. The van der Waals surface area contributed by atoms with Gasteiger partial charge in [-0.15, -0.1) is 0 Å². The van der Waals surface area contributed by atoms with Crippen LogP contribution in [-0.4, -0.2) is 27.3 Å². The second-order valence-corrected chi connectivity index (χ2v) is 7.31. The molecule has 0 saturated carbocycles. The van der Waals surface area contributed by atoms with Crippen LogP contribution in [-0.2, 0) is 22.6 Å². The maximum atomic E-state index is 12.1. The third-order valence-corrected chi connectivity index (χ3v) is 5.76. The van der Waals surface area contributed by atoms with Crippen LogP contribution in [0.3, 0.4) is 0 Å². The number of allylic oxidation sites excluding steroid dienone is 4. The predicted molar refractivity (Wildman–Crippen MR) is 96.1 cm³/mol. The molecule has 0 fully saturated rings. The number of nitrogens with zero attached hydrogens (tertiary/aromatic N) is 3. The molecule has 0 aromatic carbocycles. The average molecular weight is 386 g/mol. The number of carbonyl (C=O) groups excluding carboxylic acids is 1. The third-order valence-electron chi connectivity index (χ3n) is 4.01. The first-order valence-electron chi connectivity index (χ1n) is 7.55. The molecule has 9 heteroatoms. The van der Waals surface area contributed by atoms with Crippen LogP contribution in [0.4, 0.5) is 0 Å². The molecule has 2 aliphatic rings. The largest absolute Gasteiger partial charge is 0.469 e. The van der Waals surface area contributed by atoms with Gasteiger partial charge in [0.15, 0.2) is 0 Å². The van der Waals surface area contributed by atoms with E-state index in [0.29, 0.717) is 26.9 Å². The highest BCUT2D eigenvalue weighted by Crippen LogP contribution is 2.29. The number of carbonyl (C=O) groups is 1. The minimum atomic E-state index is -0.418. The maximum absolute atomic E-state index is 12.1. The van der Waals surface area contributed by atoms with Crippen molar-refractivity contribution >= 4 is 46.0 Å². The lowest BCUT2D eigenvalue weighted by Crippen LogP contribution is -2.31. The Bertz CT molecular complexity index is 875. The van der Waals surface area contributed by atoms with E-state index in [0.717, 1.165) is 30.7 Å². The van der Waals surface area contributed by atoms with E-state index in [1.165, 1.54) is 7.11 Å². The highest BCUT2D eigenvalue weighted by Gasteiger charge is 2.27. The molecule has 1 unspecified atom stereocenters. The molecule has 1 aliphatic heterocycles. The Balaban J connectivity index is 1.97. The number of methoxy groups -OCH3 is 1. The van der Waals surface area contributed by atoms with Gasteiger partial charge in [0.1, 0.15) is 0 Å². The summed E-state index contributed by atoms with van der Waals surface area (Å²) in [7, 11) is 1.33. The smallest absolute Gasteiger partial charge is 0.325 e. The van der Waals surface area contributed by atoms with Crippen molar-refractivity contribution in [1.82, 2.24) is 9.36 Å². The monoisotopic (exact) mass is 385 g/mol. The second-order valence-electron chi connectivity index (χ2n) is 5.52. The van der Waals surface area contributed by atoms with Crippen molar-refractivity contribution < 1.29 is 9.53 Å². The number of hydrogen-bond donors (Lipinski definition) is 0. The molecule has 3 rings (SSSR count). The quantitative estimate of drug-likeness (QED) is 0.589. The van der Waals surface area contributed by atoms with Crippen molar-refractivity contribution in [3.05, 3.63) is 37.4 Å². The standard InChI is InChI=1S/C15H16ClN3O3S2/c1-22-12(20)8-9-10(16)4-5-11(13(9)23)17-14-18-6-2-3-7-19(18)15(21)24-14/h4-5,9H,2-3,6-8H2,1H3. The molecule has 0 amide bonds. The van der Waals surface area contributed by atoms with Gasteiger partial charge >= 0.3 is 10.8 Å². The SMILES string of the molecule is COC(=O)CC1C(=S)C(N=c2sc(=O)n3n2CCCC3)=CC=C1Cl. The van der Waals surface area contributed by atoms with E-state index < -0.39 is 5.92 Å². The molecule has 0 spiro atoms.